The van der Waals surface area contributed by atoms with Crippen LogP contribution in [0, 0.1) is 10.1 Å². The summed E-state index contributed by atoms with van der Waals surface area (Å²) in [6.45, 7) is 1.89. The third-order valence-corrected chi connectivity index (χ3v) is 5.00. The van der Waals surface area contributed by atoms with Crippen molar-refractivity contribution in [2.24, 2.45) is 0 Å². The molecule has 2 aromatic heterocycles. The Bertz CT molecular complexity index is 1060. The Morgan fingerprint density at radius 1 is 1.21 bits per heavy atom. The topological polar surface area (TPSA) is 92.8 Å². The van der Waals surface area contributed by atoms with Gasteiger partial charge in [0.05, 0.1) is 33.4 Å². The number of hydrogen-bond donors (Lipinski definition) is 1. The average molecular weight is 400 g/mol. The van der Waals surface area contributed by atoms with Gasteiger partial charge in [0.2, 0.25) is 0 Å². The van der Waals surface area contributed by atoms with Crippen molar-refractivity contribution in [2.45, 2.75) is 19.4 Å². The standard InChI is InChI=1S/C19H18ClN5O3/c20-13-3-6-18-22-14(12-24(18)11-13)10-21-19(26)16-9-15(25(27)28)4-5-17(16)23-7-1-2-8-23/h3-6,9,11-12H,1-2,7-8,10H2,(H,21,26). The van der Waals surface area contributed by atoms with Crippen molar-refractivity contribution in [1.82, 2.24) is 14.7 Å². The highest BCUT2D eigenvalue weighted by Gasteiger charge is 2.22. The van der Waals surface area contributed by atoms with Crippen LogP contribution in [0.15, 0.2) is 42.7 Å². The van der Waals surface area contributed by atoms with Gasteiger partial charge in [-0.25, -0.2) is 4.98 Å². The minimum Gasteiger partial charge on any atom is -0.371 e. The van der Waals surface area contributed by atoms with Gasteiger partial charge in [0, 0.05) is 37.6 Å². The van der Waals surface area contributed by atoms with Crippen LogP contribution in [0.25, 0.3) is 5.65 Å². The first-order valence-corrected chi connectivity index (χ1v) is 9.34. The molecule has 9 heteroatoms. The Morgan fingerprint density at radius 3 is 2.75 bits per heavy atom. The lowest BCUT2D eigenvalue weighted by molar-refractivity contribution is -0.384. The van der Waals surface area contributed by atoms with Crippen molar-refractivity contribution in [3.05, 3.63) is 69.1 Å². The zero-order valence-corrected chi connectivity index (χ0v) is 15.7. The van der Waals surface area contributed by atoms with Crippen LogP contribution in [0.2, 0.25) is 5.02 Å². The molecule has 28 heavy (non-hydrogen) atoms. The Hall–Kier alpha value is -3.13. The summed E-state index contributed by atoms with van der Waals surface area (Å²) in [4.78, 5) is 30.0. The maximum absolute atomic E-state index is 12.8. The van der Waals surface area contributed by atoms with Gasteiger partial charge < -0.3 is 14.6 Å². The van der Waals surface area contributed by atoms with Gasteiger partial charge in [0.25, 0.3) is 11.6 Å². The van der Waals surface area contributed by atoms with Crippen molar-refractivity contribution in [3.8, 4) is 0 Å². The SMILES string of the molecule is O=C(NCc1cn2cc(Cl)ccc2n1)c1cc([N+](=O)[O-])ccc1N1CCCC1. The molecule has 144 valence electrons. The zero-order chi connectivity index (χ0) is 19.7. The number of nitrogens with zero attached hydrogens (tertiary/aromatic N) is 4. The lowest BCUT2D eigenvalue weighted by atomic mass is 10.1. The van der Waals surface area contributed by atoms with Crippen LogP contribution in [0.4, 0.5) is 11.4 Å². The molecule has 1 aliphatic rings. The number of rotatable bonds is 5. The van der Waals surface area contributed by atoms with E-state index < -0.39 is 4.92 Å². The van der Waals surface area contributed by atoms with Crippen molar-refractivity contribution in [3.63, 3.8) is 0 Å². The van der Waals surface area contributed by atoms with Crippen molar-refractivity contribution in [1.29, 1.82) is 0 Å². The summed E-state index contributed by atoms with van der Waals surface area (Å²) in [5, 5.41) is 14.6. The van der Waals surface area contributed by atoms with Gasteiger partial charge in [0.1, 0.15) is 5.65 Å². The monoisotopic (exact) mass is 399 g/mol. The van der Waals surface area contributed by atoms with Gasteiger partial charge in [-0.05, 0) is 31.0 Å². The Morgan fingerprint density at radius 2 is 2.00 bits per heavy atom. The van der Waals surface area contributed by atoms with Gasteiger partial charge in [-0.2, -0.15) is 0 Å². The number of hydrogen-bond acceptors (Lipinski definition) is 5. The normalized spacial score (nSPS) is 13.8. The van der Waals surface area contributed by atoms with E-state index in [4.69, 9.17) is 11.6 Å². The molecule has 1 amide bonds. The van der Waals surface area contributed by atoms with Crippen LogP contribution in [-0.2, 0) is 6.54 Å². The number of benzene rings is 1. The Labute approximate surface area is 165 Å². The molecule has 0 unspecified atom stereocenters. The number of halogens is 1. The minimum absolute atomic E-state index is 0.101. The lowest BCUT2D eigenvalue weighted by Crippen LogP contribution is -2.27. The number of nitro benzene ring substituents is 1. The number of pyridine rings is 1. The first-order valence-electron chi connectivity index (χ1n) is 8.96. The van der Waals surface area contributed by atoms with Crippen LogP contribution in [-0.4, -0.2) is 33.3 Å². The minimum atomic E-state index is -0.490. The van der Waals surface area contributed by atoms with Crippen molar-refractivity contribution in [2.75, 3.05) is 18.0 Å². The average Bonchev–Trinajstić information content (AvgIpc) is 3.34. The molecule has 1 aliphatic heterocycles. The molecular weight excluding hydrogens is 382 g/mol. The van der Waals surface area contributed by atoms with Crippen LogP contribution in [0.5, 0.6) is 0 Å². The number of carbonyl (C=O) groups excluding carboxylic acids is 1. The molecule has 4 rings (SSSR count). The highest BCUT2D eigenvalue weighted by Crippen LogP contribution is 2.28. The number of aromatic nitrogens is 2. The number of carbonyl (C=O) groups is 1. The Balaban J connectivity index is 1.57. The molecule has 1 fully saturated rings. The summed E-state index contributed by atoms with van der Waals surface area (Å²) in [5.41, 5.74) is 2.33. The van der Waals surface area contributed by atoms with Gasteiger partial charge in [0.15, 0.2) is 0 Å². The molecule has 0 atom stereocenters. The molecule has 0 spiro atoms. The van der Waals surface area contributed by atoms with Gasteiger partial charge in [-0.1, -0.05) is 11.6 Å². The maximum atomic E-state index is 12.8. The molecule has 0 aliphatic carbocycles. The predicted octanol–water partition coefficient (Wildman–Crippen LogP) is 3.43. The fourth-order valence-corrected chi connectivity index (χ4v) is 3.59. The zero-order valence-electron chi connectivity index (χ0n) is 15.0. The highest BCUT2D eigenvalue weighted by molar-refractivity contribution is 6.30. The number of fused-ring (bicyclic) bond motifs is 1. The van der Waals surface area contributed by atoms with E-state index in [0.29, 0.717) is 16.3 Å². The quantitative estimate of drug-likeness (QED) is 0.524. The van der Waals surface area contributed by atoms with Crippen LogP contribution < -0.4 is 10.2 Å². The number of imidazole rings is 1. The highest BCUT2D eigenvalue weighted by atomic mass is 35.5. The second-order valence-electron chi connectivity index (χ2n) is 6.68. The van der Waals surface area contributed by atoms with Gasteiger partial charge in [-0.15, -0.1) is 0 Å². The molecule has 1 saturated heterocycles. The number of non-ortho nitro benzene ring substituents is 1. The Kier molecular flexibility index (Phi) is 4.87. The number of nitro groups is 1. The molecule has 0 bridgehead atoms. The van der Waals surface area contributed by atoms with E-state index in [1.165, 1.54) is 12.1 Å². The third-order valence-electron chi connectivity index (χ3n) is 4.78. The largest absolute Gasteiger partial charge is 0.371 e. The second-order valence-corrected chi connectivity index (χ2v) is 7.12. The molecule has 8 nitrogen and oxygen atoms in total. The summed E-state index contributed by atoms with van der Waals surface area (Å²) >= 11 is 5.98. The van der Waals surface area contributed by atoms with E-state index in [9.17, 15) is 14.9 Å². The molecular formula is C19H18ClN5O3. The summed E-state index contributed by atoms with van der Waals surface area (Å²) < 4.78 is 1.78. The summed E-state index contributed by atoms with van der Waals surface area (Å²) in [6.07, 6.45) is 5.61. The molecule has 3 heterocycles. The van der Waals surface area contributed by atoms with Crippen LogP contribution >= 0.6 is 11.6 Å². The molecule has 1 N–H and O–H groups in total. The fraction of sp³-hybridized carbons (Fsp3) is 0.263. The number of nitrogens with one attached hydrogen (secondary N) is 1. The molecule has 0 saturated carbocycles. The molecule has 3 aromatic rings. The van der Waals surface area contributed by atoms with E-state index in [-0.39, 0.29) is 18.1 Å². The van der Waals surface area contributed by atoms with E-state index in [1.807, 2.05) is 0 Å². The van der Waals surface area contributed by atoms with Crippen molar-refractivity contribution < 1.29 is 9.72 Å². The van der Waals surface area contributed by atoms with Crippen LogP contribution in [0.3, 0.4) is 0 Å². The number of amides is 1. The first kappa shape index (κ1) is 18.2. The molecule has 1 aromatic carbocycles. The smallest absolute Gasteiger partial charge is 0.270 e. The summed E-state index contributed by atoms with van der Waals surface area (Å²) in [6, 6.07) is 7.98. The maximum Gasteiger partial charge on any atom is 0.270 e. The summed E-state index contributed by atoms with van der Waals surface area (Å²) in [7, 11) is 0. The van der Waals surface area contributed by atoms with Crippen molar-refractivity contribution >= 4 is 34.5 Å². The lowest BCUT2D eigenvalue weighted by Gasteiger charge is -2.20. The van der Waals surface area contributed by atoms with Gasteiger partial charge in [-0.3, -0.25) is 14.9 Å². The van der Waals surface area contributed by atoms with E-state index in [2.05, 4.69) is 15.2 Å². The van der Waals surface area contributed by atoms with Gasteiger partial charge >= 0.3 is 0 Å². The number of anilines is 1. The third kappa shape index (κ3) is 3.63. The van der Waals surface area contributed by atoms with Crippen LogP contribution in [0.1, 0.15) is 28.9 Å². The predicted molar refractivity (Wildman–Crippen MR) is 106 cm³/mol. The first-order chi connectivity index (χ1) is 13.5. The fourth-order valence-electron chi connectivity index (χ4n) is 3.42. The summed E-state index contributed by atoms with van der Waals surface area (Å²) in [5.74, 6) is -0.360. The van der Waals surface area contributed by atoms with E-state index in [0.717, 1.165) is 37.3 Å². The molecule has 0 radical (unpaired) electrons. The van der Waals surface area contributed by atoms with E-state index in [1.54, 1.807) is 35.0 Å². The second kappa shape index (κ2) is 7.47. The van der Waals surface area contributed by atoms with E-state index >= 15 is 0 Å².